The van der Waals surface area contributed by atoms with Crippen LogP contribution in [0, 0.1) is 0 Å². The third kappa shape index (κ3) is 4.50. The Bertz CT molecular complexity index is 1030. The largest absolute Gasteiger partial charge is 0.444 e. The summed E-state index contributed by atoms with van der Waals surface area (Å²) in [6.07, 6.45) is 7.13. The molecule has 0 radical (unpaired) electrons. The minimum Gasteiger partial charge on any atom is -0.444 e. The Labute approximate surface area is 174 Å². The van der Waals surface area contributed by atoms with Gasteiger partial charge in [0.15, 0.2) is 0 Å². The lowest BCUT2D eigenvalue weighted by Crippen LogP contribution is -2.42. The molecule has 0 unspecified atom stereocenters. The molecule has 1 fully saturated rings. The molecule has 0 bridgehead atoms. The number of carbonyl (C=O) groups excluding carboxylic acids is 1. The fourth-order valence-corrected chi connectivity index (χ4v) is 3.62. The van der Waals surface area contributed by atoms with Crippen LogP contribution in [0.25, 0.3) is 22.2 Å². The summed E-state index contributed by atoms with van der Waals surface area (Å²) in [5.74, 6) is 0. The Hall–Kier alpha value is -2.67. The normalized spacial score (nSPS) is 15.7. The minimum absolute atomic E-state index is 0.245. The van der Waals surface area contributed by atoms with Crippen molar-refractivity contribution >= 4 is 28.7 Å². The van der Waals surface area contributed by atoms with Crippen LogP contribution in [0.1, 0.15) is 39.7 Å². The molecule has 0 N–H and O–H groups in total. The number of carbonyl (C=O) groups is 1. The van der Waals surface area contributed by atoms with E-state index in [2.05, 4.69) is 15.1 Å². The van der Waals surface area contributed by atoms with Crippen molar-refractivity contribution in [1.29, 1.82) is 0 Å². The van der Waals surface area contributed by atoms with Crippen LogP contribution in [-0.4, -0.2) is 49.4 Å². The number of hydrogen-bond acceptors (Lipinski definition) is 5. The van der Waals surface area contributed by atoms with Gasteiger partial charge < -0.3 is 9.64 Å². The summed E-state index contributed by atoms with van der Waals surface area (Å²) in [7, 11) is 0. The number of halogens is 1. The Morgan fingerprint density at radius 2 is 1.90 bits per heavy atom. The molecule has 1 amide bonds. The lowest BCUT2D eigenvalue weighted by atomic mass is 10.1. The lowest BCUT2D eigenvalue weighted by Gasteiger charge is -2.33. The zero-order chi connectivity index (χ0) is 20.6. The molecular weight excluding hydrogens is 390 g/mol. The van der Waals surface area contributed by atoms with Crippen molar-refractivity contribution in [2.45, 2.75) is 45.3 Å². The predicted molar refractivity (Wildman–Crippen MR) is 112 cm³/mol. The minimum atomic E-state index is -0.474. The molecule has 0 aromatic carbocycles. The smallest absolute Gasteiger partial charge is 0.410 e. The van der Waals surface area contributed by atoms with Crippen LogP contribution in [-0.2, 0) is 4.74 Å². The topological polar surface area (TPSA) is 73.1 Å². The van der Waals surface area contributed by atoms with Crippen molar-refractivity contribution in [3.8, 4) is 11.1 Å². The van der Waals surface area contributed by atoms with Crippen LogP contribution in [0.4, 0.5) is 4.79 Å². The number of hydrogen-bond donors (Lipinski definition) is 0. The average molecular weight is 414 g/mol. The number of likely N-dealkylation sites (tertiary alicyclic amines) is 1. The summed E-state index contributed by atoms with van der Waals surface area (Å²) in [4.78, 5) is 22.8. The molecule has 0 spiro atoms. The van der Waals surface area contributed by atoms with E-state index in [4.69, 9.17) is 16.3 Å². The highest BCUT2D eigenvalue weighted by Crippen LogP contribution is 2.27. The van der Waals surface area contributed by atoms with Gasteiger partial charge in [-0.15, -0.1) is 0 Å². The predicted octanol–water partition coefficient (Wildman–Crippen LogP) is 4.72. The molecule has 29 heavy (non-hydrogen) atoms. The highest BCUT2D eigenvalue weighted by Gasteiger charge is 2.27. The van der Waals surface area contributed by atoms with Gasteiger partial charge >= 0.3 is 6.09 Å². The van der Waals surface area contributed by atoms with Gasteiger partial charge in [0.2, 0.25) is 0 Å². The quantitative estimate of drug-likeness (QED) is 0.568. The van der Waals surface area contributed by atoms with Crippen molar-refractivity contribution in [3.63, 3.8) is 0 Å². The van der Waals surface area contributed by atoms with Gasteiger partial charge in [-0.2, -0.15) is 5.10 Å². The van der Waals surface area contributed by atoms with Crippen molar-refractivity contribution in [2.75, 3.05) is 13.1 Å². The second kappa shape index (κ2) is 7.63. The zero-order valence-corrected chi connectivity index (χ0v) is 17.6. The van der Waals surface area contributed by atoms with E-state index in [-0.39, 0.29) is 12.1 Å². The van der Waals surface area contributed by atoms with Gasteiger partial charge in [0.25, 0.3) is 0 Å². The van der Waals surface area contributed by atoms with Gasteiger partial charge in [-0.1, -0.05) is 11.6 Å². The van der Waals surface area contributed by atoms with Crippen molar-refractivity contribution in [2.24, 2.45) is 0 Å². The fourth-order valence-electron chi connectivity index (χ4n) is 3.47. The van der Waals surface area contributed by atoms with E-state index in [1.807, 2.05) is 56.2 Å². The van der Waals surface area contributed by atoms with Gasteiger partial charge in [-0.05, 0) is 51.8 Å². The first-order valence-electron chi connectivity index (χ1n) is 9.73. The molecule has 0 saturated carbocycles. The maximum atomic E-state index is 12.2. The standard InChI is InChI=1S/C21H24ClN5O2/c1-21(2,3)29-20(28)26-8-6-16(7-9-26)27-13-15(12-24-27)14-10-18-17(23-11-14)4-5-19(22)25-18/h4-5,10-13,16H,6-9H2,1-3H3. The van der Waals surface area contributed by atoms with E-state index in [0.717, 1.165) is 35.0 Å². The Balaban J connectivity index is 1.44. The zero-order valence-electron chi connectivity index (χ0n) is 16.8. The van der Waals surface area contributed by atoms with Crippen LogP contribution in [0.3, 0.4) is 0 Å². The maximum Gasteiger partial charge on any atom is 0.410 e. The summed E-state index contributed by atoms with van der Waals surface area (Å²) in [5, 5.41) is 5.00. The second-order valence-corrected chi connectivity index (χ2v) is 8.69. The molecule has 152 valence electrons. The van der Waals surface area contributed by atoms with Crippen molar-refractivity contribution < 1.29 is 9.53 Å². The maximum absolute atomic E-state index is 12.2. The lowest BCUT2D eigenvalue weighted by molar-refractivity contribution is 0.0185. The number of nitrogens with zero attached hydrogens (tertiary/aromatic N) is 5. The van der Waals surface area contributed by atoms with Crippen LogP contribution in [0.2, 0.25) is 5.15 Å². The van der Waals surface area contributed by atoms with Gasteiger partial charge in [-0.25, -0.2) is 9.78 Å². The summed E-state index contributed by atoms with van der Waals surface area (Å²) in [5.41, 5.74) is 3.02. The Morgan fingerprint density at radius 3 is 2.62 bits per heavy atom. The second-order valence-electron chi connectivity index (χ2n) is 8.30. The van der Waals surface area contributed by atoms with E-state index in [9.17, 15) is 4.79 Å². The van der Waals surface area contributed by atoms with Crippen molar-refractivity contribution in [1.82, 2.24) is 24.6 Å². The monoisotopic (exact) mass is 413 g/mol. The molecule has 0 aliphatic carbocycles. The number of rotatable bonds is 2. The van der Waals surface area contributed by atoms with Crippen LogP contribution >= 0.6 is 11.6 Å². The molecule has 7 nitrogen and oxygen atoms in total. The molecular formula is C21H24ClN5O2. The SMILES string of the molecule is CC(C)(C)OC(=O)N1CCC(n2cc(-c3cnc4ccc(Cl)nc4c3)cn2)CC1. The van der Waals surface area contributed by atoms with E-state index < -0.39 is 5.60 Å². The number of amides is 1. The van der Waals surface area contributed by atoms with E-state index in [1.165, 1.54) is 0 Å². The highest BCUT2D eigenvalue weighted by molar-refractivity contribution is 6.29. The number of ether oxygens (including phenoxy) is 1. The van der Waals surface area contributed by atoms with Gasteiger partial charge in [0, 0.05) is 36.6 Å². The van der Waals surface area contributed by atoms with Gasteiger partial charge in [-0.3, -0.25) is 9.67 Å². The molecule has 3 aromatic rings. The first-order chi connectivity index (χ1) is 13.8. The molecule has 8 heteroatoms. The average Bonchev–Trinajstić information content (AvgIpc) is 3.16. The molecule has 4 heterocycles. The first-order valence-corrected chi connectivity index (χ1v) is 10.1. The van der Waals surface area contributed by atoms with Crippen LogP contribution in [0.5, 0.6) is 0 Å². The van der Waals surface area contributed by atoms with E-state index in [1.54, 1.807) is 11.0 Å². The van der Waals surface area contributed by atoms with Crippen LogP contribution < -0.4 is 0 Å². The third-order valence-corrected chi connectivity index (χ3v) is 5.14. The Morgan fingerprint density at radius 1 is 1.14 bits per heavy atom. The number of pyridine rings is 2. The molecule has 4 rings (SSSR count). The van der Waals surface area contributed by atoms with Gasteiger partial charge in [0.1, 0.15) is 10.8 Å². The molecule has 0 atom stereocenters. The molecule has 1 aliphatic heterocycles. The summed E-state index contributed by atoms with van der Waals surface area (Å²) < 4.78 is 7.45. The van der Waals surface area contributed by atoms with E-state index >= 15 is 0 Å². The fraction of sp³-hybridized carbons (Fsp3) is 0.429. The number of piperidine rings is 1. The first kappa shape index (κ1) is 19.6. The number of aromatic nitrogens is 4. The number of fused-ring (bicyclic) bond motifs is 1. The van der Waals surface area contributed by atoms with Crippen LogP contribution in [0.15, 0.2) is 36.8 Å². The highest BCUT2D eigenvalue weighted by atomic mass is 35.5. The molecule has 3 aromatic heterocycles. The molecule has 1 saturated heterocycles. The Kier molecular flexibility index (Phi) is 5.17. The summed E-state index contributed by atoms with van der Waals surface area (Å²) in [6.45, 7) is 6.97. The molecule has 1 aliphatic rings. The van der Waals surface area contributed by atoms with Crippen molar-refractivity contribution in [3.05, 3.63) is 41.9 Å². The van der Waals surface area contributed by atoms with E-state index in [0.29, 0.717) is 18.2 Å². The summed E-state index contributed by atoms with van der Waals surface area (Å²) in [6, 6.07) is 5.82. The van der Waals surface area contributed by atoms with Gasteiger partial charge in [0.05, 0.1) is 23.3 Å². The third-order valence-electron chi connectivity index (χ3n) is 4.93. The summed E-state index contributed by atoms with van der Waals surface area (Å²) >= 11 is 6.00.